The first kappa shape index (κ1) is 20.8. The second kappa shape index (κ2) is 11.2. The number of nitrogens with one attached hydrogen (secondary N) is 3. The number of amides is 3. The Labute approximate surface area is 156 Å². The Morgan fingerprint density at radius 1 is 1.19 bits per heavy atom. The molecule has 0 bridgehead atoms. The minimum Gasteiger partial charge on any atom is -0.480 e. The predicted octanol–water partition coefficient (Wildman–Crippen LogP) is -0.0538. The summed E-state index contributed by atoms with van der Waals surface area (Å²) >= 11 is 1.88. The van der Waals surface area contributed by atoms with Gasteiger partial charge < -0.3 is 30.5 Å². The van der Waals surface area contributed by atoms with Gasteiger partial charge in [0.15, 0.2) is 0 Å². The van der Waals surface area contributed by atoms with Gasteiger partial charge in [-0.25, -0.2) is 9.59 Å². The summed E-state index contributed by atoms with van der Waals surface area (Å²) in [5, 5.41) is 17.5. The summed E-state index contributed by atoms with van der Waals surface area (Å²) in [6.45, 7) is 0.991. The molecule has 2 aliphatic heterocycles. The molecule has 0 radical (unpaired) electrons. The fourth-order valence-electron chi connectivity index (χ4n) is 3.00. The molecule has 0 spiro atoms. The molecule has 0 aromatic rings. The maximum atomic E-state index is 11.7. The van der Waals surface area contributed by atoms with Gasteiger partial charge in [0.2, 0.25) is 5.91 Å². The molecule has 0 aliphatic carbocycles. The van der Waals surface area contributed by atoms with E-state index in [0.29, 0.717) is 31.4 Å². The molecule has 0 saturated carbocycles. The van der Waals surface area contributed by atoms with Crippen molar-refractivity contribution in [1.29, 1.82) is 0 Å². The van der Waals surface area contributed by atoms with Gasteiger partial charge >= 0.3 is 12.0 Å². The lowest BCUT2D eigenvalue weighted by atomic mass is 10.0. The Hall–Kier alpha value is -1.52. The third-order valence-electron chi connectivity index (χ3n) is 4.25. The number of carbonyl (C=O) groups excluding carboxylic acids is 2. The molecule has 0 aromatic carbocycles. The third kappa shape index (κ3) is 7.38. The average molecular weight is 389 g/mol. The van der Waals surface area contributed by atoms with E-state index >= 15 is 0 Å². The number of rotatable bonds is 13. The molecule has 2 rings (SSSR count). The first-order valence-corrected chi connectivity index (χ1v) is 9.93. The lowest BCUT2D eigenvalue weighted by Gasteiger charge is -2.16. The number of carboxylic acids is 1. The van der Waals surface area contributed by atoms with Crippen molar-refractivity contribution in [2.75, 3.05) is 38.7 Å². The number of hydrogen-bond donors (Lipinski definition) is 4. The number of thioether (sulfide) groups is 1. The van der Waals surface area contributed by atoms with Crippen LogP contribution in [0.3, 0.4) is 0 Å². The molecule has 148 valence electrons. The zero-order chi connectivity index (χ0) is 18.8. The summed E-state index contributed by atoms with van der Waals surface area (Å²) in [5.41, 5.74) is 0. The highest BCUT2D eigenvalue weighted by atomic mass is 32.2. The van der Waals surface area contributed by atoms with Crippen molar-refractivity contribution >= 4 is 29.7 Å². The Bertz CT molecular complexity index is 493. The van der Waals surface area contributed by atoms with Crippen molar-refractivity contribution < 1.29 is 29.0 Å². The van der Waals surface area contributed by atoms with Gasteiger partial charge in [-0.1, -0.05) is 6.42 Å². The molecule has 2 aliphatic rings. The summed E-state index contributed by atoms with van der Waals surface area (Å²) < 4.78 is 10.1. The highest BCUT2D eigenvalue weighted by Crippen LogP contribution is 2.33. The number of urea groups is 1. The zero-order valence-electron chi connectivity index (χ0n) is 14.7. The molecule has 9 nitrogen and oxygen atoms in total. The van der Waals surface area contributed by atoms with Gasteiger partial charge in [-0.05, 0) is 12.8 Å². The minimum absolute atomic E-state index is 0.00325. The number of unbranched alkanes of at least 4 members (excludes halogenated alkanes) is 1. The topological polar surface area (TPSA) is 126 Å². The normalized spacial score (nSPS) is 24.0. The van der Waals surface area contributed by atoms with Gasteiger partial charge in [-0.2, -0.15) is 11.8 Å². The van der Waals surface area contributed by atoms with Gasteiger partial charge in [-0.15, -0.1) is 0 Å². The number of carboxylic acid groups (broad SMARTS) is 1. The molecule has 2 heterocycles. The van der Waals surface area contributed by atoms with Crippen molar-refractivity contribution in [3.8, 4) is 0 Å². The second-order valence-corrected chi connectivity index (χ2v) is 7.55. The van der Waals surface area contributed by atoms with E-state index in [1.165, 1.54) is 0 Å². The standard InChI is InChI=1S/C16H27N3O6S/c20-13(17-5-6-24-7-8-25-9-14(21)22)4-2-1-3-12-15-11(10-26-12)18-16(23)19-15/h11-12,15H,1-10H2,(H,17,20)(H,21,22)(H2,18,19,23). The molecule has 10 heteroatoms. The van der Waals surface area contributed by atoms with Crippen LogP contribution in [0.2, 0.25) is 0 Å². The molecule has 3 unspecified atom stereocenters. The van der Waals surface area contributed by atoms with Crippen molar-refractivity contribution in [2.24, 2.45) is 0 Å². The lowest BCUT2D eigenvalue weighted by Crippen LogP contribution is -2.36. The maximum Gasteiger partial charge on any atom is 0.329 e. The van der Waals surface area contributed by atoms with E-state index in [9.17, 15) is 14.4 Å². The van der Waals surface area contributed by atoms with E-state index in [2.05, 4.69) is 16.0 Å². The van der Waals surface area contributed by atoms with E-state index in [4.69, 9.17) is 14.6 Å². The van der Waals surface area contributed by atoms with Crippen LogP contribution in [-0.4, -0.2) is 79.1 Å². The number of fused-ring (bicyclic) bond motifs is 1. The smallest absolute Gasteiger partial charge is 0.329 e. The van der Waals surface area contributed by atoms with Gasteiger partial charge in [0.25, 0.3) is 0 Å². The van der Waals surface area contributed by atoms with Crippen LogP contribution in [0.15, 0.2) is 0 Å². The van der Waals surface area contributed by atoms with E-state index in [1.807, 2.05) is 11.8 Å². The molecule has 3 atom stereocenters. The maximum absolute atomic E-state index is 11.7. The average Bonchev–Trinajstić information content (AvgIpc) is 3.13. The molecule has 4 N–H and O–H groups in total. The van der Waals surface area contributed by atoms with Crippen LogP contribution in [0.1, 0.15) is 25.7 Å². The van der Waals surface area contributed by atoms with E-state index in [-0.39, 0.29) is 37.2 Å². The van der Waals surface area contributed by atoms with E-state index in [1.54, 1.807) is 0 Å². The molecule has 0 aromatic heterocycles. The highest BCUT2D eigenvalue weighted by molar-refractivity contribution is 8.00. The number of carbonyl (C=O) groups is 3. The summed E-state index contributed by atoms with van der Waals surface area (Å²) in [6.07, 6.45) is 3.27. The van der Waals surface area contributed by atoms with Crippen molar-refractivity contribution in [3.63, 3.8) is 0 Å². The molecule has 2 saturated heterocycles. The Kier molecular flexibility index (Phi) is 8.99. The van der Waals surface area contributed by atoms with E-state index < -0.39 is 5.97 Å². The SMILES string of the molecule is O=C(O)COCCOCCNC(=O)CCCCC1SCC2NC(=O)NC21. The summed E-state index contributed by atoms with van der Waals surface area (Å²) in [6, 6.07) is 0.397. The van der Waals surface area contributed by atoms with Crippen LogP contribution in [0, 0.1) is 0 Å². The zero-order valence-corrected chi connectivity index (χ0v) is 15.5. The molecular formula is C16H27N3O6S. The van der Waals surface area contributed by atoms with Gasteiger partial charge in [0.05, 0.1) is 31.9 Å². The summed E-state index contributed by atoms with van der Waals surface area (Å²) in [5.74, 6) is -0.0487. The fraction of sp³-hybridized carbons (Fsp3) is 0.812. The fourth-order valence-corrected chi connectivity index (χ4v) is 4.55. The first-order valence-electron chi connectivity index (χ1n) is 8.89. The number of aliphatic carboxylic acids is 1. The van der Waals surface area contributed by atoms with E-state index in [0.717, 1.165) is 25.0 Å². The van der Waals surface area contributed by atoms with Gasteiger partial charge in [0, 0.05) is 24.0 Å². The van der Waals surface area contributed by atoms with Crippen LogP contribution < -0.4 is 16.0 Å². The quantitative estimate of drug-likeness (QED) is 0.257. The van der Waals surface area contributed by atoms with Crippen LogP contribution in [0.25, 0.3) is 0 Å². The molecule has 26 heavy (non-hydrogen) atoms. The predicted molar refractivity (Wildman–Crippen MR) is 96.2 cm³/mol. The third-order valence-corrected chi connectivity index (χ3v) is 5.76. The van der Waals surface area contributed by atoms with Crippen LogP contribution in [-0.2, 0) is 19.1 Å². The lowest BCUT2D eigenvalue weighted by molar-refractivity contribution is -0.142. The van der Waals surface area contributed by atoms with Gasteiger partial charge in [-0.3, -0.25) is 4.79 Å². The molecule has 2 fully saturated rings. The van der Waals surface area contributed by atoms with Crippen molar-refractivity contribution in [1.82, 2.24) is 16.0 Å². The molecular weight excluding hydrogens is 362 g/mol. The van der Waals surface area contributed by atoms with Crippen LogP contribution >= 0.6 is 11.8 Å². The Balaban J connectivity index is 1.40. The highest BCUT2D eigenvalue weighted by Gasteiger charge is 2.42. The van der Waals surface area contributed by atoms with Crippen molar-refractivity contribution in [3.05, 3.63) is 0 Å². The molecule has 3 amide bonds. The largest absolute Gasteiger partial charge is 0.480 e. The van der Waals surface area contributed by atoms with Crippen LogP contribution in [0.4, 0.5) is 4.79 Å². The summed E-state index contributed by atoms with van der Waals surface area (Å²) in [4.78, 5) is 33.3. The Morgan fingerprint density at radius 3 is 2.81 bits per heavy atom. The van der Waals surface area contributed by atoms with Gasteiger partial charge in [0.1, 0.15) is 6.61 Å². The Morgan fingerprint density at radius 2 is 2.00 bits per heavy atom. The monoisotopic (exact) mass is 389 g/mol. The number of ether oxygens (including phenoxy) is 2. The second-order valence-electron chi connectivity index (χ2n) is 6.28. The number of hydrogen-bond acceptors (Lipinski definition) is 6. The first-order chi connectivity index (χ1) is 12.6. The summed E-state index contributed by atoms with van der Waals surface area (Å²) in [7, 11) is 0. The minimum atomic E-state index is -1.01. The van der Waals surface area contributed by atoms with Crippen LogP contribution in [0.5, 0.6) is 0 Å². The van der Waals surface area contributed by atoms with Crippen molar-refractivity contribution in [2.45, 2.75) is 43.0 Å².